The van der Waals surface area contributed by atoms with Gasteiger partial charge in [0.05, 0.1) is 6.61 Å². The van der Waals surface area contributed by atoms with Crippen LogP contribution >= 0.6 is 0 Å². The summed E-state index contributed by atoms with van der Waals surface area (Å²) in [5.41, 5.74) is 2.57. The van der Waals surface area contributed by atoms with Crippen molar-refractivity contribution in [2.24, 2.45) is 5.84 Å². The number of hydrogen-bond donors (Lipinski definition) is 3. The van der Waals surface area contributed by atoms with E-state index in [2.05, 4.69) is 20.3 Å². The van der Waals surface area contributed by atoms with Crippen LogP contribution in [0.1, 0.15) is 32.0 Å². The van der Waals surface area contributed by atoms with Crippen molar-refractivity contribution in [2.75, 3.05) is 23.5 Å². The molecule has 0 amide bonds. The Morgan fingerprint density at radius 1 is 1.50 bits per heavy atom. The molecule has 6 heteroatoms. The fourth-order valence-corrected chi connectivity index (χ4v) is 2.15. The number of nitrogens with zero attached hydrogens (tertiary/aromatic N) is 3. The van der Waals surface area contributed by atoms with Crippen LogP contribution in [0, 0.1) is 0 Å². The van der Waals surface area contributed by atoms with Gasteiger partial charge in [-0.3, -0.25) is 0 Å². The Bertz CT molecular complexity index is 372. The van der Waals surface area contributed by atoms with Gasteiger partial charge in [-0.2, -0.15) is 0 Å². The van der Waals surface area contributed by atoms with Crippen molar-refractivity contribution in [1.29, 1.82) is 0 Å². The zero-order chi connectivity index (χ0) is 13.0. The number of aryl methyl sites for hydroxylation is 1. The van der Waals surface area contributed by atoms with Gasteiger partial charge in [-0.15, -0.1) is 0 Å². The van der Waals surface area contributed by atoms with E-state index in [-0.39, 0.29) is 6.61 Å². The highest BCUT2D eigenvalue weighted by Crippen LogP contribution is 2.29. The third kappa shape index (κ3) is 2.70. The predicted molar refractivity (Wildman–Crippen MR) is 71.3 cm³/mol. The van der Waals surface area contributed by atoms with Gasteiger partial charge in [-0.05, 0) is 19.3 Å². The number of anilines is 2. The summed E-state index contributed by atoms with van der Waals surface area (Å²) in [7, 11) is 0. The largest absolute Gasteiger partial charge is 0.395 e. The van der Waals surface area contributed by atoms with E-state index in [1.165, 1.54) is 6.42 Å². The molecule has 0 aromatic carbocycles. The molecule has 1 saturated carbocycles. The van der Waals surface area contributed by atoms with Crippen molar-refractivity contribution < 1.29 is 5.11 Å². The molecule has 0 radical (unpaired) electrons. The first-order chi connectivity index (χ1) is 8.78. The Morgan fingerprint density at radius 3 is 2.78 bits per heavy atom. The quantitative estimate of drug-likeness (QED) is 0.509. The SMILES string of the molecule is CCc1nc(NN)cc(N(CCO)C2CCC2)n1. The third-order valence-electron chi connectivity index (χ3n) is 3.37. The molecule has 0 bridgehead atoms. The van der Waals surface area contributed by atoms with Crippen LogP contribution in [0.3, 0.4) is 0 Å². The molecule has 1 heterocycles. The topological polar surface area (TPSA) is 87.3 Å². The van der Waals surface area contributed by atoms with Gasteiger partial charge in [0.15, 0.2) is 0 Å². The first-order valence-corrected chi connectivity index (χ1v) is 6.50. The lowest BCUT2D eigenvalue weighted by atomic mass is 9.91. The number of rotatable bonds is 6. The van der Waals surface area contributed by atoms with Crippen molar-refractivity contribution in [3.05, 3.63) is 11.9 Å². The number of aliphatic hydroxyl groups is 1. The summed E-state index contributed by atoms with van der Waals surface area (Å²) >= 11 is 0. The normalized spacial score (nSPS) is 15.3. The minimum absolute atomic E-state index is 0.132. The summed E-state index contributed by atoms with van der Waals surface area (Å²) < 4.78 is 0. The van der Waals surface area contributed by atoms with E-state index >= 15 is 0 Å². The van der Waals surface area contributed by atoms with E-state index in [9.17, 15) is 5.11 Å². The second kappa shape index (κ2) is 5.97. The molecular weight excluding hydrogens is 230 g/mol. The van der Waals surface area contributed by atoms with Crippen molar-refractivity contribution in [2.45, 2.75) is 38.6 Å². The zero-order valence-electron chi connectivity index (χ0n) is 10.8. The molecule has 1 fully saturated rings. The van der Waals surface area contributed by atoms with Crippen molar-refractivity contribution in [1.82, 2.24) is 9.97 Å². The fourth-order valence-electron chi connectivity index (χ4n) is 2.15. The summed E-state index contributed by atoms with van der Waals surface area (Å²) in [6, 6.07) is 2.33. The number of hydrogen-bond acceptors (Lipinski definition) is 6. The molecular formula is C12H21N5O. The molecule has 4 N–H and O–H groups in total. The van der Waals surface area contributed by atoms with Gasteiger partial charge >= 0.3 is 0 Å². The Morgan fingerprint density at radius 2 is 2.28 bits per heavy atom. The van der Waals surface area contributed by atoms with Crippen molar-refractivity contribution >= 4 is 11.6 Å². The molecule has 2 rings (SSSR count). The maximum atomic E-state index is 9.19. The molecule has 1 aromatic rings. The van der Waals surface area contributed by atoms with Gasteiger partial charge in [0.1, 0.15) is 17.5 Å². The third-order valence-corrected chi connectivity index (χ3v) is 3.37. The van der Waals surface area contributed by atoms with E-state index in [1.807, 2.05) is 13.0 Å². The molecule has 100 valence electrons. The molecule has 0 atom stereocenters. The van der Waals surface area contributed by atoms with E-state index in [0.29, 0.717) is 18.4 Å². The van der Waals surface area contributed by atoms with Crippen LogP contribution in [0.4, 0.5) is 11.6 Å². The Labute approximate surface area is 107 Å². The highest BCUT2D eigenvalue weighted by molar-refractivity contribution is 5.50. The van der Waals surface area contributed by atoms with Gasteiger partial charge < -0.3 is 15.4 Å². The first kappa shape index (κ1) is 13.0. The molecule has 0 aliphatic heterocycles. The van der Waals surface area contributed by atoms with E-state index in [1.54, 1.807) is 0 Å². The Kier molecular flexibility index (Phi) is 4.33. The van der Waals surface area contributed by atoms with Crippen LogP contribution in [0.5, 0.6) is 0 Å². The number of nitrogen functional groups attached to an aromatic ring is 1. The maximum absolute atomic E-state index is 9.19. The predicted octanol–water partition coefficient (Wildman–Crippen LogP) is 0.676. The van der Waals surface area contributed by atoms with Gasteiger partial charge in [0.2, 0.25) is 0 Å². The lowest BCUT2D eigenvalue weighted by Gasteiger charge is -2.38. The number of aromatic nitrogens is 2. The van der Waals surface area contributed by atoms with E-state index in [4.69, 9.17) is 5.84 Å². The summed E-state index contributed by atoms with van der Waals surface area (Å²) in [5, 5.41) is 9.19. The number of aliphatic hydroxyl groups excluding tert-OH is 1. The van der Waals surface area contributed by atoms with Crippen LogP contribution in [0.25, 0.3) is 0 Å². The lowest BCUT2D eigenvalue weighted by molar-refractivity contribution is 0.283. The average molecular weight is 251 g/mol. The minimum atomic E-state index is 0.132. The highest BCUT2D eigenvalue weighted by Gasteiger charge is 2.26. The van der Waals surface area contributed by atoms with Gasteiger partial charge in [0, 0.05) is 25.1 Å². The summed E-state index contributed by atoms with van der Waals surface area (Å²) in [6.45, 7) is 2.75. The van der Waals surface area contributed by atoms with Crippen LogP contribution in [-0.4, -0.2) is 34.3 Å². The van der Waals surface area contributed by atoms with Crippen molar-refractivity contribution in [3.8, 4) is 0 Å². The van der Waals surface area contributed by atoms with E-state index in [0.717, 1.165) is 30.9 Å². The molecule has 0 unspecified atom stereocenters. The van der Waals surface area contributed by atoms with Crippen LogP contribution in [-0.2, 0) is 6.42 Å². The second-order valence-corrected chi connectivity index (χ2v) is 4.53. The zero-order valence-corrected chi connectivity index (χ0v) is 10.8. The van der Waals surface area contributed by atoms with Crippen LogP contribution in [0.2, 0.25) is 0 Å². The molecule has 18 heavy (non-hydrogen) atoms. The lowest BCUT2D eigenvalue weighted by Crippen LogP contribution is -2.42. The van der Waals surface area contributed by atoms with Gasteiger partial charge in [0.25, 0.3) is 0 Å². The smallest absolute Gasteiger partial charge is 0.145 e. The van der Waals surface area contributed by atoms with Gasteiger partial charge in [-0.25, -0.2) is 15.8 Å². The molecule has 0 saturated heterocycles. The molecule has 0 spiro atoms. The number of hydrazine groups is 1. The first-order valence-electron chi connectivity index (χ1n) is 6.50. The van der Waals surface area contributed by atoms with Crippen LogP contribution in [0.15, 0.2) is 6.07 Å². The molecule has 1 aliphatic rings. The van der Waals surface area contributed by atoms with Gasteiger partial charge in [-0.1, -0.05) is 6.92 Å². The highest BCUT2D eigenvalue weighted by atomic mass is 16.3. The molecule has 1 aliphatic carbocycles. The molecule has 1 aromatic heterocycles. The number of nitrogens with two attached hydrogens (primary N) is 1. The van der Waals surface area contributed by atoms with E-state index < -0.39 is 0 Å². The Hall–Kier alpha value is -1.40. The summed E-state index contributed by atoms with van der Waals surface area (Å²) in [5.74, 6) is 7.68. The number of nitrogens with one attached hydrogen (secondary N) is 1. The Balaban J connectivity index is 2.26. The van der Waals surface area contributed by atoms with Crippen molar-refractivity contribution in [3.63, 3.8) is 0 Å². The monoisotopic (exact) mass is 251 g/mol. The standard InChI is InChI=1S/C12H21N5O/c1-2-10-14-11(16-13)8-12(15-10)17(6-7-18)9-4-3-5-9/h8-9,18H,2-7,13H2,1H3,(H,14,15,16). The maximum Gasteiger partial charge on any atom is 0.145 e. The average Bonchev–Trinajstić information content (AvgIpc) is 2.35. The molecule has 6 nitrogen and oxygen atoms in total. The summed E-state index contributed by atoms with van der Waals surface area (Å²) in [4.78, 5) is 11.0. The van der Waals surface area contributed by atoms with Crippen LogP contribution < -0.4 is 16.2 Å². The summed E-state index contributed by atoms with van der Waals surface area (Å²) in [6.07, 6.45) is 4.34. The minimum Gasteiger partial charge on any atom is -0.395 e. The second-order valence-electron chi connectivity index (χ2n) is 4.53. The fraction of sp³-hybridized carbons (Fsp3) is 0.667.